The number of hydrogen-bond donors (Lipinski definition) is 0. The van der Waals surface area contributed by atoms with Gasteiger partial charge in [-0.1, -0.05) is 195 Å². The monoisotopic (exact) mass is 956 g/mol. The standard InChI is InChI=1S/C73H52N2/c1-45-21-29-51(30-22-45)74-69-19-11-9-17-63(69)65-41-47(27-39-71(65)74)53-35-37-55(59-15-7-5-13-57(53)59)49-25-33-61-62-34-26-50(44-68(62)73(3,4)67(61)43-49)56-38-36-54(58-14-6-8-16-60(56)58)48-28-40-72-66(42-48)64-18-10-12-20-70(64)75(72)52-31-23-46(2)24-32-52/h5-44H,1-4H3. The van der Waals surface area contributed by atoms with Crippen LogP contribution in [0.3, 0.4) is 0 Å². The Morgan fingerprint density at radius 2 is 0.547 bits per heavy atom. The van der Waals surface area contributed by atoms with Gasteiger partial charge in [-0.3, -0.25) is 0 Å². The van der Waals surface area contributed by atoms with Crippen molar-refractivity contribution in [3.8, 4) is 67.0 Å². The molecule has 75 heavy (non-hydrogen) atoms. The van der Waals surface area contributed by atoms with Crippen LogP contribution in [0.2, 0.25) is 0 Å². The number of para-hydroxylation sites is 2. The highest BCUT2D eigenvalue weighted by Gasteiger charge is 2.36. The maximum absolute atomic E-state index is 2.47. The van der Waals surface area contributed by atoms with Crippen molar-refractivity contribution in [3.63, 3.8) is 0 Å². The third-order valence-corrected chi connectivity index (χ3v) is 16.7. The van der Waals surface area contributed by atoms with E-state index in [-0.39, 0.29) is 5.41 Å². The van der Waals surface area contributed by atoms with E-state index in [4.69, 9.17) is 0 Å². The Morgan fingerprint density at radius 3 is 0.920 bits per heavy atom. The highest BCUT2D eigenvalue weighted by molar-refractivity contribution is 6.14. The van der Waals surface area contributed by atoms with Crippen LogP contribution in [0, 0.1) is 13.8 Å². The molecular formula is C73H52N2. The van der Waals surface area contributed by atoms with Gasteiger partial charge in [-0.15, -0.1) is 0 Å². The fraction of sp³-hybridized carbons (Fsp3) is 0.0685. The largest absolute Gasteiger partial charge is 0.309 e. The van der Waals surface area contributed by atoms with Crippen molar-refractivity contribution in [3.05, 3.63) is 265 Å². The normalized spacial score (nSPS) is 12.9. The minimum atomic E-state index is -0.206. The van der Waals surface area contributed by atoms with E-state index >= 15 is 0 Å². The Kier molecular flexibility index (Phi) is 9.47. The second kappa shape index (κ2) is 16.4. The number of aryl methyl sites for hydroxylation is 2. The lowest BCUT2D eigenvalue weighted by atomic mass is 9.80. The van der Waals surface area contributed by atoms with Gasteiger partial charge in [0.25, 0.3) is 0 Å². The summed E-state index contributed by atoms with van der Waals surface area (Å²) in [5.74, 6) is 0. The number of nitrogens with zero attached hydrogens (tertiary/aromatic N) is 2. The van der Waals surface area contributed by atoms with Crippen LogP contribution in [0.5, 0.6) is 0 Å². The molecule has 0 aliphatic heterocycles. The van der Waals surface area contributed by atoms with Crippen molar-refractivity contribution >= 4 is 65.2 Å². The molecule has 0 radical (unpaired) electrons. The van der Waals surface area contributed by atoms with Crippen molar-refractivity contribution < 1.29 is 0 Å². The SMILES string of the molecule is Cc1ccc(-n2c3ccccc3c3cc(-c4ccc(-c5ccc6c(c5)C(C)(C)c5cc(-c7ccc(-c8ccc9c(c8)c8ccccc8n9-c8ccc(C)cc8)c8ccccc78)ccc5-6)c5ccccc45)ccc32)cc1. The van der Waals surface area contributed by atoms with Crippen molar-refractivity contribution in [2.24, 2.45) is 0 Å². The summed E-state index contributed by atoms with van der Waals surface area (Å²) < 4.78 is 4.80. The van der Waals surface area contributed by atoms with E-state index < -0.39 is 0 Å². The zero-order chi connectivity index (χ0) is 50.1. The van der Waals surface area contributed by atoms with Crippen LogP contribution in [0.1, 0.15) is 36.1 Å². The van der Waals surface area contributed by atoms with Crippen molar-refractivity contribution in [1.82, 2.24) is 9.13 Å². The average molecular weight is 957 g/mol. The molecule has 0 saturated heterocycles. The van der Waals surface area contributed by atoms with Crippen LogP contribution in [-0.4, -0.2) is 9.13 Å². The van der Waals surface area contributed by atoms with E-state index in [9.17, 15) is 0 Å². The molecule has 2 heterocycles. The summed E-state index contributed by atoms with van der Waals surface area (Å²) in [5.41, 5.74) is 24.9. The van der Waals surface area contributed by atoms with Crippen LogP contribution in [-0.2, 0) is 5.41 Å². The van der Waals surface area contributed by atoms with E-state index in [0.717, 1.165) is 0 Å². The van der Waals surface area contributed by atoms with E-state index in [1.807, 2.05) is 0 Å². The zero-order valence-electron chi connectivity index (χ0n) is 42.5. The van der Waals surface area contributed by atoms with Crippen LogP contribution in [0.4, 0.5) is 0 Å². The first-order valence-electron chi connectivity index (χ1n) is 26.3. The summed E-state index contributed by atoms with van der Waals surface area (Å²) in [6.07, 6.45) is 0. The van der Waals surface area contributed by atoms with Gasteiger partial charge in [-0.05, 0) is 175 Å². The lowest BCUT2D eigenvalue weighted by molar-refractivity contribution is 0.661. The Morgan fingerprint density at radius 1 is 0.253 bits per heavy atom. The summed E-state index contributed by atoms with van der Waals surface area (Å²) >= 11 is 0. The number of rotatable bonds is 6. The lowest BCUT2D eigenvalue weighted by Crippen LogP contribution is -2.15. The Hall–Kier alpha value is -9.24. The van der Waals surface area contributed by atoms with Gasteiger partial charge in [0, 0.05) is 38.3 Å². The molecule has 2 heteroatoms. The van der Waals surface area contributed by atoms with Gasteiger partial charge in [-0.25, -0.2) is 0 Å². The molecule has 1 aliphatic rings. The fourth-order valence-corrected chi connectivity index (χ4v) is 12.9. The predicted molar refractivity (Wildman–Crippen MR) is 319 cm³/mol. The summed E-state index contributed by atoms with van der Waals surface area (Å²) in [6.45, 7) is 9.11. The zero-order valence-corrected chi connectivity index (χ0v) is 42.5. The van der Waals surface area contributed by atoms with E-state index in [2.05, 4.69) is 279 Å². The third kappa shape index (κ3) is 6.59. The lowest BCUT2D eigenvalue weighted by Gasteiger charge is -2.23. The first-order valence-corrected chi connectivity index (χ1v) is 26.3. The summed E-state index contributed by atoms with van der Waals surface area (Å²) in [5, 5.41) is 10.1. The van der Waals surface area contributed by atoms with Gasteiger partial charge in [0.1, 0.15) is 0 Å². The first-order chi connectivity index (χ1) is 36.8. The third-order valence-electron chi connectivity index (χ3n) is 16.7. The van der Waals surface area contributed by atoms with Crippen molar-refractivity contribution in [2.75, 3.05) is 0 Å². The maximum atomic E-state index is 2.47. The highest BCUT2D eigenvalue weighted by atomic mass is 15.0. The highest BCUT2D eigenvalue weighted by Crippen LogP contribution is 2.52. The summed E-state index contributed by atoms with van der Waals surface area (Å²) in [4.78, 5) is 0. The average Bonchev–Trinajstić information content (AvgIpc) is 4.09. The Labute approximate surface area is 437 Å². The second-order valence-corrected chi connectivity index (χ2v) is 21.4. The van der Waals surface area contributed by atoms with Crippen LogP contribution >= 0.6 is 0 Å². The van der Waals surface area contributed by atoms with Crippen LogP contribution < -0.4 is 0 Å². The van der Waals surface area contributed by atoms with Gasteiger partial charge in [0.15, 0.2) is 0 Å². The number of benzene rings is 12. The van der Waals surface area contributed by atoms with Gasteiger partial charge in [0.05, 0.1) is 22.1 Å². The topological polar surface area (TPSA) is 9.86 Å². The molecule has 0 fully saturated rings. The molecule has 12 aromatic carbocycles. The molecule has 1 aliphatic carbocycles. The molecular weight excluding hydrogens is 905 g/mol. The van der Waals surface area contributed by atoms with E-state index in [1.165, 1.54) is 154 Å². The van der Waals surface area contributed by atoms with Gasteiger partial charge < -0.3 is 9.13 Å². The molecule has 14 aromatic rings. The van der Waals surface area contributed by atoms with Crippen LogP contribution in [0.25, 0.3) is 132 Å². The van der Waals surface area contributed by atoms with Gasteiger partial charge in [-0.2, -0.15) is 0 Å². The summed E-state index contributed by atoms with van der Waals surface area (Å²) in [6, 6.07) is 91.0. The molecule has 0 bridgehead atoms. The van der Waals surface area contributed by atoms with Gasteiger partial charge >= 0.3 is 0 Å². The van der Waals surface area contributed by atoms with Crippen LogP contribution in [0.15, 0.2) is 243 Å². The molecule has 2 aromatic heterocycles. The fourth-order valence-electron chi connectivity index (χ4n) is 12.9. The number of aromatic nitrogens is 2. The molecule has 0 unspecified atom stereocenters. The van der Waals surface area contributed by atoms with Gasteiger partial charge in [0.2, 0.25) is 0 Å². The molecule has 2 nitrogen and oxygen atoms in total. The minimum absolute atomic E-state index is 0.206. The molecule has 0 N–H and O–H groups in total. The second-order valence-electron chi connectivity index (χ2n) is 21.4. The Bertz CT molecular complexity index is 4380. The predicted octanol–water partition coefficient (Wildman–Crippen LogP) is 19.8. The molecule has 354 valence electrons. The molecule has 0 spiro atoms. The van der Waals surface area contributed by atoms with E-state index in [1.54, 1.807) is 0 Å². The molecule has 0 atom stereocenters. The minimum Gasteiger partial charge on any atom is -0.309 e. The molecule has 0 saturated carbocycles. The first kappa shape index (κ1) is 43.4. The number of fused-ring (bicyclic) bond motifs is 11. The molecule has 15 rings (SSSR count). The maximum Gasteiger partial charge on any atom is 0.0541 e. The van der Waals surface area contributed by atoms with Crippen molar-refractivity contribution in [1.29, 1.82) is 0 Å². The number of hydrogen-bond acceptors (Lipinski definition) is 0. The van der Waals surface area contributed by atoms with E-state index in [0.29, 0.717) is 0 Å². The smallest absolute Gasteiger partial charge is 0.0541 e. The quantitative estimate of drug-likeness (QED) is 0.157. The Balaban J connectivity index is 0.782. The van der Waals surface area contributed by atoms with Crippen molar-refractivity contribution in [2.45, 2.75) is 33.1 Å². The molecule has 0 amide bonds. The summed E-state index contributed by atoms with van der Waals surface area (Å²) in [7, 11) is 0.